The molecule has 0 saturated carbocycles. The third kappa shape index (κ3) is 8.71. The van der Waals surface area contributed by atoms with Crippen LogP contribution in [0.25, 0.3) is 22.4 Å². The first kappa shape index (κ1) is 34.6. The van der Waals surface area contributed by atoms with Crippen molar-refractivity contribution in [3.8, 4) is 22.4 Å². The van der Waals surface area contributed by atoms with Gasteiger partial charge >= 0.3 is 19.9 Å². The number of halogens is 3. The van der Waals surface area contributed by atoms with Crippen LogP contribution in [0.2, 0.25) is 0 Å². The molecule has 1 saturated heterocycles. The molecule has 2 N–H and O–H groups in total. The van der Waals surface area contributed by atoms with Gasteiger partial charge in [-0.25, -0.2) is 9.78 Å². The van der Waals surface area contributed by atoms with Crippen LogP contribution in [0, 0.1) is 0 Å². The molecule has 1 atom stereocenters. The molecule has 1 aliphatic heterocycles. The molecule has 0 spiro atoms. The normalized spacial score (nSPS) is 14.5. The molecule has 1 aliphatic rings. The van der Waals surface area contributed by atoms with Gasteiger partial charge < -0.3 is 29.3 Å². The fourth-order valence-corrected chi connectivity index (χ4v) is 6.73. The van der Waals surface area contributed by atoms with Gasteiger partial charge in [-0.05, 0) is 49.2 Å². The van der Waals surface area contributed by atoms with E-state index in [-0.39, 0.29) is 56.3 Å². The van der Waals surface area contributed by atoms with E-state index in [0.717, 1.165) is 17.0 Å². The number of nitrogens with one attached hydrogen (secondary N) is 1. The van der Waals surface area contributed by atoms with E-state index in [4.69, 9.17) is 9.05 Å². The molecule has 3 aromatic rings. The average molecular weight is 663 g/mol. The Morgan fingerprint density at radius 2 is 1.50 bits per heavy atom. The number of nitrogens with zero attached hydrogens (tertiary/aromatic N) is 3. The Hall–Kier alpha value is -4.26. The minimum absolute atomic E-state index is 0.00441. The first-order chi connectivity index (χ1) is 21.8. The van der Waals surface area contributed by atoms with Gasteiger partial charge in [0.15, 0.2) is 0 Å². The first-order valence-corrected chi connectivity index (χ1v) is 16.3. The molecule has 0 radical (unpaired) electrons. The van der Waals surface area contributed by atoms with Crippen molar-refractivity contribution in [2.75, 3.05) is 45.6 Å². The molecule has 46 heavy (non-hydrogen) atoms. The van der Waals surface area contributed by atoms with Gasteiger partial charge in [-0.15, -0.1) is 0 Å². The SMILES string of the molecule is CCOP(=O)(C[C@H](NC(=O)c1cc(-c2ccccc2)cc(-c2cccc(C(F)(F)F)c2)n1)C(=O)N1CCN(C(=O)O)CC1)OCC. The molecule has 4 rings (SSSR count). The fraction of sp³-hybridized carbons (Fsp3) is 0.355. The van der Waals surface area contributed by atoms with Crippen LogP contribution in [0.5, 0.6) is 0 Å². The van der Waals surface area contributed by atoms with Crippen LogP contribution < -0.4 is 5.32 Å². The molecule has 11 nitrogen and oxygen atoms in total. The maximum Gasteiger partial charge on any atom is 0.416 e. The van der Waals surface area contributed by atoms with Crippen molar-refractivity contribution in [3.05, 3.63) is 78.0 Å². The largest absolute Gasteiger partial charge is 0.465 e. The summed E-state index contributed by atoms with van der Waals surface area (Å²) in [6.07, 6.45) is -6.25. The average Bonchev–Trinajstić information content (AvgIpc) is 3.04. The van der Waals surface area contributed by atoms with Crippen LogP contribution in [0.3, 0.4) is 0 Å². The number of pyridine rings is 1. The quantitative estimate of drug-likeness (QED) is 0.253. The van der Waals surface area contributed by atoms with E-state index < -0.39 is 49.4 Å². The zero-order chi connectivity index (χ0) is 33.5. The van der Waals surface area contributed by atoms with Gasteiger partial charge in [0.2, 0.25) is 5.91 Å². The van der Waals surface area contributed by atoms with Gasteiger partial charge in [0, 0.05) is 31.7 Å². The minimum Gasteiger partial charge on any atom is -0.465 e. The smallest absolute Gasteiger partial charge is 0.416 e. The Bertz CT molecular complexity index is 1590. The summed E-state index contributed by atoms with van der Waals surface area (Å²) >= 11 is 0. The standard InChI is InChI=1S/C31H34F3N4O7P/c1-3-44-46(43,45-4-2)20-27(29(40)37-13-15-38(16-14-37)30(41)42)36-28(39)26-19-23(21-9-6-5-7-10-21)18-25(35-26)22-11-8-12-24(17-22)31(32,33)34/h5-12,17-19,27H,3-4,13-16,20H2,1-2H3,(H,36,39)(H,41,42)/t27-/m0/s1. The van der Waals surface area contributed by atoms with Crippen molar-refractivity contribution in [1.29, 1.82) is 0 Å². The lowest BCUT2D eigenvalue weighted by atomic mass is 10.0. The van der Waals surface area contributed by atoms with Crippen LogP contribution in [-0.4, -0.2) is 89.4 Å². The third-order valence-electron chi connectivity index (χ3n) is 7.17. The van der Waals surface area contributed by atoms with Crippen LogP contribution in [-0.2, 0) is 24.6 Å². The van der Waals surface area contributed by atoms with E-state index in [1.807, 2.05) is 0 Å². The Morgan fingerprint density at radius 1 is 0.891 bits per heavy atom. The highest BCUT2D eigenvalue weighted by atomic mass is 31.2. The number of carboxylic acid groups (broad SMARTS) is 1. The lowest BCUT2D eigenvalue weighted by molar-refractivity contribution is -0.137. The lowest BCUT2D eigenvalue weighted by Gasteiger charge is -2.35. The number of aromatic nitrogens is 1. The zero-order valence-electron chi connectivity index (χ0n) is 25.2. The van der Waals surface area contributed by atoms with E-state index in [2.05, 4.69) is 10.3 Å². The second-order valence-corrected chi connectivity index (χ2v) is 12.4. The molecule has 0 bridgehead atoms. The second kappa shape index (κ2) is 14.9. The van der Waals surface area contributed by atoms with Gasteiger partial charge in [0.1, 0.15) is 11.7 Å². The summed E-state index contributed by atoms with van der Waals surface area (Å²) in [5.41, 5.74) is 0.245. The van der Waals surface area contributed by atoms with Gasteiger partial charge in [-0.1, -0.05) is 42.5 Å². The third-order valence-corrected chi connectivity index (χ3v) is 9.29. The summed E-state index contributed by atoms with van der Waals surface area (Å²) < 4.78 is 64.8. The van der Waals surface area contributed by atoms with Crippen molar-refractivity contribution >= 4 is 25.5 Å². The Labute approximate surface area is 263 Å². The number of hydrogen-bond acceptors (Lipinski definition) is 7. The predicted molar refractivity (Wildman–Crippen MR) is 163 cm³/mol. The van der Waals surface area contributed by atoms with Crippen molar-refractivity contribution in [2.24, 2.45) is 0 Å². The predicted octanol–water partition coefficient (Wildman–Crippen LogP) is 5.62. The van der Waals surface area contributed by atoms with E-state index in [9.17, 15) is 37.2 Å². The Kier molecular flexibility index (Phi) is 11.2. The molecule has 1 fully saturated rings. The summed E-state index contributed by atoms with van der Waals surface area (Å²) in [6, 6.07) is 15.0. The molecular weight excluding hydrogens is 628 g/mol. The minimum atomic E-state index is -4.61. The van der Waals surface area contributed by atoms with Crippen molar-refractivity contribution in [1.82, 2.24) is 20.1 Å². The Morgan fingerprint density at radius 3 is 2.09 bits per heavy atom. The molecule has 0 unspecified atom stereocenters. The highest BCUT2D eigenvalue weighted by molar-refractivity contribution is 7.54. The van der Waals surface area contributed by atoms with Crippen molar-refractivity contribution in [2.45, 2.75) is 26.1 Å². The highest BCUT2D eigenvalue weighted by Crippen LogP contribution is 2.48. The number of hydrogen-bond donors (Lipinski definition) is 2. The second-order valence-electron chi connectivity index (χ2n) is 10.3. The summed E-state index contributed by atoms with van der Waals surface area (Å²) in [5.74, 6) is -1.48. The molecule has 3 amide bonds. The summed E-state index contributed by atoms with van der Waals surface area (Å²) in [6.45, 7) is 3.35. The van der Waals surface area contributed by atoms with E-state index in [0.29, 0.717) is 11.1 Å². The molecule has 246 valence electrons. The number of piperazine rings is 1. The van der Waals surface area contributed by atoms with Gasteiger partial charge in [-0.3, -0.25) is 14.2 Å². The molecular formula is C31H34F3N4O7P. The van der Waals surface area contributed by atoms with E-state index in [1.165, 1.54) is 23.1 Å². The van der Waals surface area contributed by atoms with E-state index >= 15 is 0 Å². The molecule has 2 aromatic carbocycles. The van der Waals surface area contributed by atoms with Crippen LogP contribution >= 0.6 is 7.60 Å². The van der Waals surface area contributed by atoms with Gasteiger partial charge in [0.25, 0.3) is 5.91 Å². The maximum absolute atomic E-state index is 13.8. The number of carbonyl (C=O) groups is 3. The van der Waals surface area contributed by atoms with Gasteiger partial charge in [0.05, 0.1) is 30.6 Å². The highest BCUT2D eigenvalue weighted by Gasteiger charge is 2.37. The molecule has 15 heteroatoms. The molecule has 1 aromatic heterocycles. The van der Waals surface area contributed by atoms with Crippen LogP contribution in [0.15, 0.2) is 66.7 Å². The number of rotatable bonds is 11. The molecule has 2 heterocycles. The summed E-state index contributed by atoms with van der Waals surface area (Å²) in [5, 5.41) is 11.9. The topological polar surface area (TPSA) is 138 Å². The Balaban J connectivity index is 1.72. The van der Waals surface area contributed by atoms with Crippen molar-refractivity contribution in [3.63, 3.8) is 0 Å². The van der Waals surface area contributed by atoms with Crippen LogP contribution in [0.4, 0.5) is 18.0 Å². The lowest BCUT2D eigenvalue weighted by Crippen LogP contribution is -2.56. The van der Waals surface area contributed by atoms with E-state index in [1.54, 1.807) is 50.2 Å². The zero-order valence-corrected chi connectivity index (χ0v) is 26.1. The van der Waals surface area contributed by atoms with Gasteiger partial charge in [-0.2, -0.15) is 13.2 Å². The van der Waals surface area contributed by atoms with Crippen LogP contribution in [0.1, 0.15) is 29.9 Å². The summed E-state index contributed by atoms with van der Waals surface area (Å²) in [7, 11) is -3.89. The molecule has 0 aliphatic carbocycles. The number of carbonyl (C=O) groups excluding carboxylic acids is 2. The first-order valence-electron chi connectivity index (χ1n) is 14.5. The van der Waals surface area contributed by atoms with Crippen molar-refractivity contribution < 1.29 is 46.3 Å². The monoisotopic (exact) mass is 662 g/mol. The number of amides is 3. The maximum atomic E-state index is 13.8. The number of alkyl halides is 3. The fourth-order valence-electron chi connectivity index (χ4n) is 4.96. The number of benzene rings is 2. The summed E-state index contributed by atoms with van der Waals surface area (Å²) in [4.78, 5) is 45.8.